The van der Waals surface area contributed by atoms with E-state index in [9.17, 15) is 13.6 Å². The molecule has 1 amide bonds. The number of anilines is 1. The zero-order valence-electron chi connectivity index (χ0n) is 19.3. The number of carbonyl (C=O) groups is 1. The van der Waals surface area contributed by atoms with Crippen molar-refractivity contribution in [3.63, 3.8) is 0 Å². The summed E-state index contributed by atoms with van der Waals surface area (Å²) in [5, 5.41) is 2.55. The molecule has 0 N–H and O–H groups in total. The summed E-state index contributed by atoms with van der Waals surface area (Å²) in [6.45, 7) is 6.57. The number of ether oxygens (including phenoxy) is 2. The fraction of sp³-hybridized carbons (Fsp3) is 0.522. The molecule has 3 atom stereocenters. The van der Waals surface area contributed by atoms with E-state index in [-0.39, 0.29) is 23.7 Å². The number of thiazole rings is 1. The maximum atomic E-state index is 13.7. The highest BCUT2D eigenvalue weighted by Crippen LogP contribution is 2.41. The molecule has 2 aromatic heterocycles. The van der Waals surface area contributed by atoms with Crippen LogP contribution in [0.15, 0.2) is 28.1 Å². The minimum atomic E-state index is -2.72. The van der Waals surface area contributed by atoms with E-state index in [0.29, 0.717) is 40.8 Å². The van der Waals surface area contributed by atoms with Gasteiger partial charge in [-0.3, -0.25) is 4.90 Å². The van der Waals surface area contributed by atoms with Gasteiger partial charge in [0.2, 0.25) is 0 Å². The average Bonchev–Trinajstić information content (AvgIpc) is 3.43. The first-order valence-corrected chi connectivity index (χ1v) is 11.9. The van der Waals surface area contributed by atoms with E-state index in [1.54, 1.807) is 23.2 Å². The molecule has 3 saturated heterocycles. The predicted molar refractivity (Wildman–Crippen MR) is 123 cm³/mol. The number of fused-ring (bicyclic) bond motifs is 3. The minimum Gasteiger partial charge on any atom is -0.444 e. The largest absolute Gasteiger partial charge is 0.444 e. The van der Waals surface area contributed by atoms with Crippen LogP contribution in [0.2, 0.25) is 0 Å². The molecule has 0 aliphatic carbocycles. The van der Waals surface area contributed by atoms with Crippen molar-refractivity contribution in [2.75, 3.05) is 25.1 Å². The molecule has 0 spiro atoms. The first-order chi connectivity index (χ1) is 16.2. The van der Waals surface area contributed by atoms with Gasteiger partial charge in [0.1, 0.15) is 22.2 Å². The Kier molecular flexibility index (Phi) is 5.71. The molecule has 34 heavy (non-hydrogen) atoms. The smallest absolute Gasteiger partial charge is 0.410 e. The molecule has 0 radical (unpaired) electrons. The van der Waals surface area contributed by atoms with Gasteiger partial charge in [0, 0.05) is 37.3 Å². The van der Waals surface area contributed by atoms with Crippen LogP contribution in [0.3, 0.4) is 0 Å². The third-order valence-corrected chi connectivity index (χ3v) is 6.89. The molecule has 8 nitrogen and oxygen atoms in total. The SMILES string of the molecule is COC(c1ccc(-c2nccs2)c2oc(N3CC4CC(C3)N4C(=O)OC(C)(C)C)nc12)C(F)F. The third-order valence-electron chi connectivity index (χ3n) is 6.08. The summed E-state index contributed by atoms with van der Waals surface area (Å²) in [5.74, 6) is 0. The number of piperazine rings is 1. The van der Waals surface area contributed by atoms with Crippen LogP contribution < -0.4 is 4.90 Å². The normalized spacial score (nSPS) is 21.1. The van der Waals surface area contributed by atoms with E-state index in [4.69, 9.17) is 13.9 Å². The molecule has 3 aliphatic heterocycles. The van der Waals surface area contributed by atoms with Gasteiger partial charge in [-0.2, -0.15) is 4.98 Å². The molecule has 5 heterocycles. The van der Waals surface area contributed by atoms with Crippen molar-refractivity contribution in [2.45, 2.75) is 57.4 Å². The number of halogens is 2. The van der Waals surface area contributed by atoms with Gasteiger partial charge in [0.25, 0.3) is 12.4 Å². The number of oxazole rings is 1. The molecule has 1 aromatic carbocycles. The number of methoxy groups -OCH3 is 1. The number of amides is 1. The fourth-order valence-corrected chi connectivity index (χ4v) is 5.31. The van der Waals surface area contributed by atoms with E-state index >= 15 is 0 Å². The summed E-state index contributed by atoms with van der Waals surface area (Å²) < 4.78 is 44.2. The number of nitrogens with zero attached hydrogens (tertiary/aromatic N) is 4. The molecular weight excluding hydrogens is 466 g/mol. The topological polar surface area (TPSA) is 80.9 Å². The summed E-state index contributed by atoms with van der Waals surface area (Å²) in [6.07, 6.45) is -1.91. The van der Waals surface area contributed by atoms with E-state index in [2.05, 4.69) is 9.97 Å². The first kappa shape index (κ1) is 23.0. The van der Waals surface area contributed by atoms with Crippen molar-refractivity contribution in [3.05, 3.63) is 29.3 Å². The fourth-order valence-electron chi connectivity index (χ4n) is 4.65. The number of rotatable bonds is 5. The number of carbonyl (C=O) groups excluding carboxylic acids is 1. The standard InChI is InChI=1S/C23H26F2N4O4S/c1-23(2,3)33-22(30)29-12-9-13(29)11-28(10-12)21-27-16-14(18(31-4)19(24)25)5-6-15(17(16)32-21)20-26-7-8-34-20/h5-8,12-13,18-19H,9-11H2,1-4H3. The van der Waals surface area contributed by atoms with Crippen LogP contribution in [0.25, 0.3) is 21.7 Å². The lowest BCUT2D eigenvalue weighted by atomic mass is 9.88. The van der Waals surface area contributed by atoms with Crippen molar-refractivity contribution in [2.24, 2.45) is 0 Å². The van der Waals surface area contributed by atoms with Crippen molar-refractivity contribution >= 4 is 34.5 Å². The second-order valence-corrected chi connectivity index (χ2v) is 10.4. The Hall–Kier alpha value is -2.79. The van der Waals surface area contributed by atoms with Crippen molar-refractivity contribution in [1.29, 1.82) is 0 Å². The first-order valence-electron chi connectivity index (χ1n) is 11.1. The Labute approximate surface area is 199 Å². The van der Waals surface area contributed by atoms with E-state index in [1.807, 2.05) is 31.1 Å². The van der Waals surface area contributed by atoms with Gasteiger partial charge < -0.3 is 18.8 Å². The number of benzene rings is 1. The van der Waals surface area contributed by atoms with Crippen LogP contribution >= 0.6 is 11.3 Å². The molecule has 3 fully saturated rings. The maximum Gasteiger partial charge on any atom is 0.410 e. The summed E-state index contributed by atoms with van der Waals surface area (Å²) in [5.41, 5.74) is 1.12. The number of piperidine rings is 1. The number of hydrogen-bond donors (Lipinski definition) is 0. The Morgan fingerprint density at radius 2 is 2.00 bits per heavy atom. The van der Waals surface area contributed by atoms with Gasteiger partial charge in [0.15, 0.2) is 5.58 Å². The van der Waals surface area contributed by atoms with Crippen molar-refractivity contribution < 1.29 is 27.5 Å². The molecule has 182 valence electrons. The third kappa shape index (κ3) is 4.00. The van der Waals surface area contributed by atoms with Crippen LogP contribution in [0.5, 0.6) is 0 Å². The quantitative estimate of drug-likeness (QED) is 0.490. The molecule has 3 aromatic rings. The number of aromatic nitrogens is 2. The highest BCUT2D eigenvalue weighted by molar-refractivity contribution is 7.13. The lowest BCUT2D eigenvalue weighted by Crippen LogP contribution is -2.70. The zero-order chi connectivity index (χ0) is 24.2. The van der Waals surface area contributed by atoms with Crippen molar-refractivity contribution in [1.82, 2.24) is 14.9 Å². The Balaban J connectivity index is 1.47. The van der Waals surface area contributed by atoms with E-state index in [1.165, 1.54) is 18.4 Å². The second kappa shape index (κ2) is 8.46. The second-order valence-electron chi connectivity index (χ2n) is 9.54. The Bertz CT molecular complexity index is 1180. The minimum absolute atomic E-state index is 0.0192. The maximum absolute atomic E-state index is 13.7. The Morgan fingerprint density at radius 3 is 2.59 bits per heavy atom. The van der Waals surface area contributed by atoms with Crippen molar-refractivity contribution in [3.8, 4) is 10.6 Å². The number of alkyl halides is 2. The molecule has 2 bridgehead atoms. The average molecular weight is 493 g/mol. The van der Waals surface area contributed by atoms with E-state index < -0.39 is 18.1 Å². The molecule has 3 aliphatic rings. The number of hydrogen-bond acceptors (Lipinski definition) is 8. The summed E-state index contributed by atoms with van der Waals surface area (Å²) in [4.78, 5) is 25.3. The van der Waals surface area contributed by atoms with Crippen LogP contribution in [0.4, 0.5) is 19.6 Å². The summed E-state index contributed by atoms with van der Waals surface area (Å²) in [7, 11) is 1.25. The van der Waals surface area contributed by atoms with Gasteiger partial charge >= 0.3 is 6.09 Å². The Morgan fingerprint density at radius 1 is 1.26 bits per heavy atom. The van der Waals surface area contributed by atoms with Crippen LogP contribution in [0.1, 0.15) is 38.9 Å². The van der Waals surface area contributed by atoms with Crippen LogP contribution in [0, 0.1) is 0 Å². The molecule has 3 unspecified atom stereocenters. The van der Waals surface area contributed by atoms with Gasteiger partial charge in [-0.25, -0.2) is 18.6 Å². The highest BCUT2D eigenvalue weighted by atomic mass is 32.1. The van der Waals surface area contributed by atoms with Crippen LogP contribution in [-0.4, -0.2) is 65.3 Å². The summed E-state index contributed by atoms with van der Waals surface area (Å²) in [6, 6.07) is 3.62. The molecule has 11 heteroatoms. The van der Waals surface area contributed by atoms with E-state index in [0.717, 1.165) is 6.42 Å². The van der Waals surface area contributed by atoms with Gasteiger partial charge in [-0.1, -0.05) is 6.07 Å². The van der Waals surface area contributed by atoms with Gasteiger partial charge in [0.05, 0.1) is 17.6 Å². The van der Waals surface area contributed by atoms with Gasteiger partial charge in [-0.15, -0.1) is 11.3 Å². The lowest BCUT2D eigenvalue weighted by Gasteiger charge is -2.55. The lowest BCUT2D eigenvalue weighted by molar-refractivity contribution is -0.0386. The highest BCUT2D eigenvalue weighted by Gasteiger charge is 2.49. The molecule has 6 rings (SSSR count). The molecular formula is C23H26F2N4O4S. The monoisotopic (exact) mass is 492 g/mol. The predicted octanol–water partition coefficient (Wildman–Crippen LogP) is 5.10. The van der Waals surface area contributed by atoms with Gasteiger partial charge in [-0.05, 0) is 33.3 Å². The van der Waals surface area contributed by atoms with Crippen LogP contribution in [-0.2, 0) is 9.47 Å². The summed E-state index contributed by atoms with van der Waals surface area (Å²) >= 11 is 1.43. The molecule has 0 saturated carbocycles. The zero-order valence-corrected chi connectivity index (χ0v) is 20.1.